The quantitative estimate of drug-likeness (QED) is 0.787. The molecule has 0 amide bonds. The standard InChI is InChI=1S/C14H27N3S/c1-6-13-12(10-17(4)16-13)9-15-11-14(7-2,8-3)18-5/h10,15H,6-9,11H2,1-5H3. The van der Waals surface area contributed by atoms with E-state index >= 15 is 0 Å². The highest BCUT2D eigenvalue weighted by molar-refractivity contribution is 8.00. The Balaban J connectivity index is 2.54. The monoisotopic (exact) mass is 269 g/mol. The highest BCUT2D eigenvalue weighted by Gasteiger charge is 2.24. The van der Waals surface area contributed by atoms with Crippen molar-refractivity contribution in [3.05, 3.63) is 17.5 Å². The lowest BCUT2D eigenvalue weighted by molar-refractivity contribution is 0.494. The van der Waals surface area contributed by atoms with E-state index in [-0.39, 0.29) is 0 Å². The highest BCUT2D eigenvalue weighted by atomic mass is 32.2. The largest absolute Gasteiger partial charge is 0.311 e. The molecule has 3 nitrogen and oxygen atoms in total. The summed E-state index contributed by atoms with van der Waals surface area (Å²) in [5.41, 5.74) is 2.55. The summed E-state index contributed by atoms with van der Waals surface area (Å²) in [6, 6.07) is 0. The molecule has 4 heteroatoms. The molecule has 0 aliphatic carbocycles. The van der Waals surface area contributed by atoms with E-state index in [1.807, 2.05) is 23.5 Å². The second-order valence-corrected chi connectivity index (χ2v) is 6.10. The third-order valence-corrected chi connectivity index (χ3v) is 5.40. The fraction of sp³-hybridized carbons (Fsp3) is 0.786. The van der Waals surface area contributed by atoms with Gasteiger partial charge in [-0.2, -0.15) is 16.9 Å². The molecule has 0 aliphatic heterocycles. The number of rotatable bonds is 8. The van der Waals surface area contributed by atoms with Gasteiger partial charge in [-0.15, -0.1) is 0 Å². The van der Waals surface area contributed by atoms with Gasteiger partial charge in [-0.3, -0.25) is 4.68 Å². The van der Waals surface area contributed by atoms with Gasteiger partial charge in [-0.05, 0) is 25.5 Å². The van der Waals surface area contributed by atoms with Crippen molar-refractivity contribution in [2.24, 2.45) is 7.05 Å². The van der Waals surface area contributed by atoms with E-state index in [9.17, 15) is 0 Å². The average molecular weight is 269 g/mol. The van der Waals surface area contributed by atoms with Gasteiger partial charge >= 0.3 is 0 Å². The molecule has 0 spiro atoms. The molecule has 1 aromatic rings. The lowest BCUT2D eigenvalue weighted by Crippen LogP contribution is -2.36. The van der Waals surface area contributed by atoms with Crippen molar-refractivity contribution in [3.63, 3.8) is 0 Å². The van der Waals surface area contributed by atoms with Crippen LogP contribution in [0.4, 0.5) is 0 Å². The molecule has 18 heavy (non-hydrogen) atoms. The number of hydrogen-bond acceptors (Lipinski definition) is 3. The molecule has 1 aromatic heterocycles. The van der Waals surface area contributed by atoms with Gasteiger partial charge in [0.15, 0.2) is 0 Å². The molecule has 0 aliphatic rings. The Bertz CT molecular complexity index is 348. The third-order valence-electron chi connectivity index (χ3n) is 3.81. The van der Waals surface area contributed by atoms with Gasteiger partial charge in [0.2, 0.25) is 0 Å². The normalized spacial score (nSPS) is 12.1. The Morgan fingerprint density at radius 1 is 1.33 bits per heavy atom. The molecule has 1 heterocycles. The molecule has 0 radical (unpaired) electrons. The lowest BCUT2D eigenvalue weighted by Gasteiger charge is -2.30. The maximum absolute atomic E-state index is 4.48. The first-order chi connectivity index (χ1) is 8.60. The van der Waals surface area contributed by atoms with Crippen LogP contribution in [-0.4, -0.2) is 27.3 Å². The van der Waals surface area contributed by atoms with Crippen molar-refractivity contribution in [1.82, 2.24) is 15.1 Å². The summed E-state index contributed by atoms with van der Waals surface area (Å²) in [6.07, 6.45) is 7.78. The smallest absolute Gasteiger partial charge is 0.0666 e. The molecule has 1 rings (SSSR count). The van der Waals surface area contributed by atoms with E-state index in [2.05, 4.69) is 43.6 Å². The Hall–Kier alpha value is -0.480. The van der Waals surface area contributed by atoms with E-state index in [1.54, 1.807) is 0 Å². The zero-order valence-electron chi connectivity index (χ0n) is 12.4. The van der Waals surface area contributed by atoms with Gasteiger partial charge < -0.3 is 5.32 Å². The molecule has 0 bridgehead atoms. The van der Waals surface area contributed by atoms with Crippen molar-refractivity contribution >= 4 is 11.8 Å². The minimum atomic E-state index is 0.384. The summed E-state index contributed by atoms with van der Waals surface area (Å²) in [7, 11) is 1.99. The number of aromatic nitrogens is 2. The molecule has 0 fully saturated rings. The van der Waals surface area contributed by atoms with Gasteiger partial charge in [0, 0.05) is 36.6 Å². The lowest BCUT2D eigenvalue weighted by atomic mass is 10.0. The molecule has 0 saturated heterocycles. The van der Waals surface area contributed by atoms with Gasteiger partial charge in [-0.1, -0.05) is 20.8 Å². The second kappa shape index (κ2) is 7.19. The predicted octanol–water partition coefficient (Wildman–Crippen LogP) is 2.99. The molecule has 104 valence electrons. The topological polar surface area (TPSA) is 29.9 Å². The number of aryl methyl sites for hydroxylation is 2. The van der Waals surface area contributed by atoms with Crippen molar-refractivity contribution in [2.75, 3.05) is 12.8 Å². The summed E-state index contributed by atoms with van der Waals surface area (Å²) in [4.78, 5) is 0. The number of nitrogens with one attached hydrogen (secondary N) is 1. The van der Waals surface area contributed by atoms with Crippen LogP contribution in [-0.2, 0) is 20.0 Å². The predicted molar refractivity (Wildman–Crippen MR) is 81.1 cm³/mol. The van der Waals surface area contributed by atoms with Crippen LogP contribution in [0.15, 0.2) is 6.20 Å². The van der Waals surface area contributed by atoms with Crippen LogP contribution in [0.25, 0.3) is 0 Å². The van der Waals surface area contributed by atoms with Gasteiger partial charge in [0.05, 0.1) is 5.69 Å². The number of hydrogen-bond donors (Lipinski definition) is 1. The molecular formula is C14H27N3S. The fourth-order valence-corrected chi connectivity index (χ4v) is 3.14. The number of thioether (sulfide) groups is 1. The summed E-state index contributed by atoms with van der Waals surface area (Å²) in [6.45, 7) is 8.72. The van der Waals surface area contributed by atoms with Crippen LogP contribution in [0.5, 0.6) is 0 Å². The van der Waals surface area contributed by atoms with Gasteiger partial charge in [0.1, 0.15) is 0 Å². The highest BCUT2D eigenvalue weighted by Crippen LogP contribution is 2.29. The van der Waals surface area contributed by atoms with Crippen molar-refractivity contribution in [2.45, 2.75) is 51.3 Å². The van der Waals surface area contributed by atoms with Crippen LogP contribution in [0, 0.1) is 0 Å². The van der Waals surface area contributed by atoms with Crippen molar-refractivity contribution in [3.8, 4) is 0 Å². The summed E-state index contributed by atoms with van der Waals surface area (Å²) in [5.74, 6) is 0. The van der Waals surface area contributed by atoms with Crippen LogP contribution in [0.3, 0.4) is 0 Å². The first-order valence-electron chi connectivity index (χ1n) is 6.88. The third kappa shape index (κ3) is 3.75. The minimum absolute atomic E-state index is 0.384. The van der Waals surface area contributed by atoms with Crippen LogP contribution in [0.1, 0.15) is 44.9 Å². The van der Waals surface area contributed by atoms with E-state index in [4.69, 9.17) is 0 Å². The second-order valence-electron chi connectivity index (χ2n) is 4.83. The zero-order chi connectivity index (χ0) is 13.6. The first kappa shape index (κ1) is 15.6. The Labute approximate surface area is 116 Å². The average Bonchev–Trinajstić information content (AvgIpc) is 2.75. The minimum Gasteiger partial charge on any atom is -0.311 e. The van der Waals surface area contributed by atoms with E-state index in [0.717, 1.165) is 19.5 Å². The van der Waals surface area contributed by atoms with Crippen LogP contribution < -0.4 is 5.32 Å². The molecule has 0 aromatic carbocycles. The Morgan fingerprint density at radius 3 is 2.50 bits per heavy atom. The Morgan fingerprint density at radius 2 is 2.00 bits per heavy atom. The summed E-state index contributed by atoms with van der Waals surface area (Å²) < 4.78 is 2.30. The van der Waals surface area contributed by atoms with Gasteiger partial charge in [0.25, 0.3) is 0 Å². The maximum Gasteiger partial charge on any atom is 0.0666 e. The molecule has 0 saturated carbocycles. The van der Waals surface area contributed by atoms with Crippen LogP contribution in [0.2, 0.25) is 0 Å². The first-order valence-corrected chi connectivity index (χ1v) is 8.10. The maximum atomic E-state index is 4.48. The number of nitrogens with zero attached hydrogens (tertiary/aromatic N) is 2. The van der Waals surface area contributed by atoms with Crippen molar-refractivity contribution in [1.29, 1.82) is 0 Å². The fourth-order valence-electron chi connectivity index (χ4n) is 2.31. The summed E-state index contributed by atoms with van der Waals surface area (Å²) in [5, 5.41) is 8.09. The molecule has 0 unspecified atom stereocenters. The van der Waals surface area contributed by atoms with E-state index in [0.29, 0.717) is 4.75 Å². The molecule has 0 atom stereocenters. The van der Waals surface area contributed by atoms with Crippen molar-refractivity contribution < 1.29 is 0 Å². The van der Waals surface area contributed by atoms with E-state index < -0.39 is 0 Å². The van der Waals surface area contributed by atoms with E-state index in [1.165, 1.54) is 24.1 Å². The Kier molecular flexibility index (Phi) is 6.22. The molecular weight excluding hydrogens is 242 g/mol. The van der Waals surface area contributed by atoms with Gasteiger partial charge in [-0.25, -0.2) is 0 Å². The summed E-state index contributed by atoms with van der Waals surface area (Å²) >= 11 is 1.98. The molecule has 1 N–H and O–H groups in total. The van der Waals surface area contributed by atoms with Crippen LogP contribution >= 0.6 is 11.8 Å². The zero-order valence-corrected chi connectivity index (χ0v) is 13.2. The SMILES string of the molecule is CCc1nn(C)cc1CNCC(CC)(CC)SC.